The first-order valence-electron chi connectivity index (χ1n) is 11.2. The van der Waals surface area contributed by atoms with Crippen LogP contribution in [-0.4, -0.2) is 65.3 Å². The van der Waals surface area contributed by atoms with E-state index >= 15 is 0 Å². The lowest BCUT2D eigenvalue weighted by Crippen LogP contribution is -2.57. The van der Waals surface area contributed by atoms with E-state index in [1.165, 1.54) is 17.2 Å². The Morgan fingerprint density at radius 1 is 1.15 bits per heavy atom. The van der Waals surface area contributed by atoms with Crippen LogP contribution in [0.4, 0.5) is 4.39 Å². The zero-order chi connectivity index (χ0) is 22.9. The molecule has 6 nitrogen and oxygen atoms in total. The monoisotopic (exact) mass is 467 g/mol. The molecule has 2 aromatic heterocycles. The number of furan rings is 1. The topological polar surface area (TPSA) is 57.0 Å². The van der Waals surface area contributed by atoms with Crippen LogP contribution in [0.3, 0.4) is 0 Å². The highest BCUT2D eigenvalue weighted by Crippen LogP contribution is 2.37. The standard InChI is InChI=1S/C25H26FN3O3S/c1-17-15-27(10-11-29(17)25(31)21-6-3-12-32-21)23(30)16-28-9-7-22-20(8-13-33-22)24(28)18-4-2-5-19(26)14-18/h2-6,8,12-14,17,24H,7,9-11,15-16H2,1H3/t17-,24+/m0/s1. The molecule has 2 aliphatic rings. The Morgan fingerprint density at radius 2 is 2.03 bits per heavy atom. The van der Waals surface area contributed by atoms with Crippen molar-refractivity contribution in [3.8, 4) is 0 Å². The predicted octanol–water partition coefficient (Wildman–Crippen LogP) is 3.80. The first-order valence-corrected chi connectivity index (χ1v) is 12.1. The number of piperazine rings is 1. The highest BCUT2D eigenvalue weighted by Gasteiger charge is 2.35. The molecule has 0 saturated carbocycles. The average Bonchev–Trinajstić information content (AvgIpc) is 3.50. The van der Waals surface area contributed by atoms with Gasteiger partial charge in [-0.2, -0.15) is 0 Å². The van der Waals surface area contributed by atoms with Crippen molar-refractivity contribution in [1.82, 2.24) is 14.7 Å². The third-order valence-electron chi connectivity index (χ3n) is 6.54. The highest BCUT2D eigenvalue weighted by molar-refractivity contribution is 7.10. The Balaban J connectivity index is 1.29. The van der Waals surface area contributed by atoms with Crippen molar-refractivity contribution in [2.45, 2.75) is 25.4 Å². The van der Waals surface area contributed by atoms with Gasteiger partial charge in [-0.15, -0.1) is 11.3 Å². The number of nitrogens with zero attached hydrogens (tertiary/aromatic N) is 3. The maximum absolute atomic E-state index is 14.0. The van der Waals surface area contributed by atoms with Gasteiger partial charge in [0.1, 0.15) is 5.82 Å². The minimum Gasteiger partial charge on any atom is -0.459 e. The normalized spacial score (nSPS) is 21.2. The quantitative estimate of drug-likeness (QED) is 0.586. The molecule has 1 saturated heterocycles. The molecule has 2 amide bonds. The summed E-state index contributed by atoms with van der Waals surface area (Å²) >= 11 is 1.72. The van der Waals surface area contributed by atoms with E-state index in [1.807, 2.05) is 17.9 Å². The summed E-state index contributed by atoms with van der Waals surface area (Å²) < 4.78 is 19.3. The molecule has 1 aromatic carbocycles. The van der Waals surface area contributed by atoms with Crippen LogP contribution in [-0.2, 0) is 11.2 Å². The van der Waals surface area contributed by atoms with Crippen molar-refractivity contribution in [3.63, 3.8) is 0 Å². The molecule has 33 heavy (non-hydrogen) atoms. The van der Waals surface area contributed by atoms with Crippen LogP contribution in [0.5, 0.6) is 0 Å². The molecule has 8 heteroatoms. The molecule has 5 rings (SSSR count). The van der Waals surface area contributed by atoms with Crippen molar-refractivity contribution in [1.29, 1.82) is 0 Å². The lowest BCUT2D eigenvalue weighted by atomic mass is 9.93. The van der Waals surface area contributed by atoms with Crippen LogP contribution < -0.4 is 0 Å². The largest absolute Gasteiger partial charge is 0.459 e. The van der Waals surface area contributed by atoms with Crippen molar-refractivity contribution in [2.75, 3.05) is 32.7 Å². The van der Waals surface area contributed by atoms with Crippen LogP contribution in [0.25, 0.3) is 0 Å². The molecule has 1 fully saturated rings. The fourth-order valence-electron chi connectivity index (χ4n) is 4.91. The third kappa shape index (κ3) is 4.32. The molecule has 4 heterocycles. The van der Waals surface area contributed by atoms with Gasteiger partial charge in [-0.1, -0.05) is 12.1 Å². The van der Waals surface area contributed by atoms with Gasteiger partial charge in [0.2, 0.25) is 5.91 Å². The van der Waals surface area contributed by atoms with Gasteiger partial charge >= 0.3 is 0 Å². The lowest BCUT2D eigenvalue weighted by Gasteiger charge is -2.41. The summed E-state index contributed by atoms with van der Waals surface area (Å²) in [5.41, 5.74) is 2.02. The molecule has 172 valence electrons. The molecule has 0 bridgehead atoms. The number of thiophene rings is 1. The molecule has 0 unspecified atom stereocenters. The van der Waals surface area contributed by atoms with Crippen LogP contribution >= 0.6 is 11.3 Å². The van der Waals surface area contributed by atoms with Crippen LogP contribution in [0.15, 0.2) is 58.5 Å². The first kappa shape index (κ1) is 21.9. The van der Waals surface area contributed by atoms with Crippen LogP contribution in [0.2, 0.25) is 0 Å². The highest BCUT2D eigenvalue weighted by atomic mass is 32.1. The molecule has 2 atom stereocenters. The Morgan fingerprint density at radius 3 is 2.79 bits per heavy atom. The number of hydrogen-bond acceptors (Lipinski definition) is 5. The van der Waals surface area contributed by atoms with Crippen molar-refractivity contribution in [2.24, 2.45) is 0 Å². The summed E-state index contributed by atoms with van der Waals surface area (Å²) in [7, 11) is 0. The van der Waals surface area contributed by atoms with Crippen molar-refractivity contribution >= 4 is 23.2 Å². The molecule has 0 spiro atoms. The molecular weight excluding hydrogens is 441 g/mol. The van der Waals surface area contributed by atoms with Gasteiger partial charge in [-0.25, -0.2) is 4.39 Å². The minimum absolute atomic E-state index is 0.0343. The minimum atomic E-state index is -0.271. The number of fused-ring (bicyclic) bond motifs is 1. The Kier molecular flexibility index (Phi) is 6.03. The van der Waals surface area contributed by atoms with E-state index in [0.717, 1.165) is 24.1 Å². The Bertz CT molecular complexity index is 1150. The summed E-state index contributed by atoms with van der Waals surface area (Å²) in [5, 5.41) is 2.07. The third-order valence-corrected chi connectivity index (χ3v) is 7.54. The van der Waals surface area contributed by atoms with E-state index in [4.69, 9.17) is 4.42 Å². The number of benzene rings is 1. The van der Waals surface area contributed by atoms with Crippen molar-refractivity contribution < 1.29 is 18.4 Å². The lowest BCUT2D eigenvalue weighted by molar-refractivity contribution is -0.135. The van der Waals surface area contributed by atoms with E-state index in [0.29, 0.717) is 25.4 Å². The van der Waals surface area contributed by atoms with E-state index < -0.39 is 0 Å². The smallest absolute Gasteiger partial charge is 0.289 e. The number of carbonyl (C=O) groups excluding carboxylic acids is 2. The van der Waals surface area contributed by atoms with Gasteiger partial charge in [0.05, 0.1) is 18.8 Å². The molecule has 3 aromatic rings. The Labute approximate surface area is 196 Å². The number of amides is 2. The maximum atomic E-state index is 14.0. The zero-order valence-corrected chi connectivity index (χ0v) is 19.3. The van der Waals surface area contributed by atoms with Gasteiger partial charge in [-0.05, 0) is 60.2 Å². The summed E-state index contributed by atoms with van der Waals surface area (Å²) in [5.74, 6) is -0.0643. The van der Waals surface area contributed by atoms with E-state index in [9.17, 15) is 14.0 Å². The first-order chi connectivity index (χ1) is 16.0. The molecular formula is C25H26FN3O3S. The average molecular weight is 468 g/mol. The second kappa shape index (κ2) is 9.11. The van der Waals surface area contributed by atoms with Crippen LogP contribution in [0.1, 0.15) is 39.5 Å². The van der Waals surface area contributed by atoms with Crippen molar-refractivity contribution in [3.05, 3.63) is 81.7 Å². The molecule has 0 radical (unpaired) electrons. The van der Waals surface area contributed by atoms with Gasteiger partial charge in [0, 0.05) is 37.1 Å². The predicted molar refractivity (Wildman–Crippen MR) is 124 cm³/mol. The second-order valence-electron chi connectivity index (χ2n) is 8.64. The van der Waals surface area contributed by atoms with Gasteiger partial charge in [0.25, 0.3) is 5.91 Å². The van der Waals surface area contributed by atoms with E-state index in [1.54, 1.807) is 40.5 Å². The zero-order valence-electron chi connectivity index (χ0n) is 18.4. The fraction of sp³-hybridized carbons (Fsp3) is 0.360. The van der Waals surface area contributed by atoms with E-state index in [2.05, 4.69) is 16.3 Å². The Hall–Kier alpha value is -2.97. The molecule has 0 aliphatic carbocycles. The van der Waals surface area contributed by atoms with Gasteiger partial charge in [-0.3, -0.25) is 14.5 Å². The summed E-state index contributed by atoms with van der Waals surface area (Å²) in [6, 6.07) is 11.9. The SMILES string of the molecule is C[C@H]1CN(C(=O)CN2CCc3sccc3[C@H]2c2cccc(F)c2)CCN1C(=O)c1ccco1. The summed E-state index contributed by atoms with van der Waals surface area (Å²) in [6.45, 7) is 4.39. The number of rotatable bonds is 4. The summed E-state index contributed by atoms with van der Waals surface area (Å²) in [4.78, 5) is 33.0. The second-order valence-corrected chi connectivity index (χ2v) is 9.64. The van der Waals surface area contributed by atoms with E-state index in [-0.39, 0.29) is 36.3 Å². The number of hydrogen-bond donors (Lipinski definition) is 0. The number of halogens is 1. The van der Waals surface area contributed by atoms with Crippen LogP contribution in [0, 0.1) is 5.82 Å². The van der Waals surface area contributed by atoms with Gasteiger partial charge < -0.3 is 14.2 Å². The van der Waals surface area contributed by atoms with Gasteiger partial charge in [0.15, 0.2) is 5.76 Å². The molecule has 0 N–H and O–H groups in total. The molecule has 2 aliphatic heterocycles. The fourth-order valence-corrected chi connectivity index (χ4v) is 5.81. The maximum Gasteiger partial charge on any atom is 0.289 e. The summed E-state index contributed by atoms with van der Waals surface area (Å²) in [6.07, 6.45) is 2.37. The number of carbonyl (C=O) groups is 2.